The molecule has 0 aliphatic heterocycles. The van der Waals surface area contributed by atoms with Gasteiger partial charge in [-0.2, -0.15) is 0 Å². The first-order chi connectivity index (χ1) is 11.5. The summed E-state index contributed by atoms with van der Waals surface area (Å²) >= 11 is 3.39. The second-order valence-electron chi connectivity index (χ2n) is 5.04. The van der Waals surface area contributed by atoms with Crippen LogP contribution in [0.5, 0.6) is 5.75 Å². The lowest BCUT2D eigenvalue weighted by molar-refractivity contribution is -0.384. The van der Waals surface area contributed by atoms with Crippen molar-refractivity contribution in [1.29, 1.82) is 0 Å². The van der Waals surface area contributed by atoms with Gasteiger partial charge in [-0.1, -0.05) is 35.0 Å². The molecule has 24 heavy (non-hydrogen) atoms. The predicted octanol–water partition coefficient (Wildman–Crippen LogP) is 5.04. The van der Waals surface area contributed by atoms with Crippen molar-refractivity contribution >= 4 is 33.5 Å². The Morgan fingerprint density at radius 3 is 2.79 bits per heavy atom. The molecule has 6 heteroatoms. The minimum Gasteiger partial charge on any atom is -0.493 e. The predicted molar refractivity (Wildman–Crippen MR) is 96.4 cm³/mol. The van der Waals surface area contributed by atoms with Crippen LogP contribution >= 0.6 is 15.9 Å². The maximum atomic E-state index is 12.2. The van der Waals surface area contributed by atoms with Gasteiger partial charge in [0, 0.05) is 27.7 Å². The number of allylic oxidation sites excluding steroid dienone is 1. The van der Waals surface area contributed by atoms with Gasteiger partial charge in [0.25, 0.3) is 5.69 Å². The number of rotatable bonds is 7. The van der Waals surface area contributed by atoms with Crippen molar-refractivity contribution in [3.8, 4) is 5.75 Å². The highest BCUT2D eigenvalue weighted by molar-refractivity contribution is 9.10. The highest BCUT2D eigenvalue weighted by atomic mass is 79.9. The second-order valence-corrected chi connectivity index (χ2v) is 5.95. The van der Waals surface area contributed by atoms with E-state index in [1.54, 1.807) is 12.1 Å². The van der Waals surface area contributed by atoms with Gasteiger partial charge in [0.15, 0.2) is 5.78 Å². The van der Waals surface area contributed by atoms with Gasteiger partial charge >= 0.3 is 0 Å². The topological polar surface area (TPSA) is 69.4 Å². The van der Waals surface area contributed by atoms with Crippen LogP contribution in [0.25, 0.3) is 6.08 Å². The zero-order valence-corrected chi connectivity index (χ0v) is 14.7. The Morgan fingerprint density at radius 1 is 1.29 bits per heavy atom. The van der Waals surface area contributed by atoms with Crippen molar-refractivity contribution < 1.29 is 14.5 Å². The molecule has 0 bridgehead atoms. The van der Waals surface area contributed by atoms with Crippen LogP contribution in [0.2, 0.25) is 0 Å². The molecule has 5 nitrogen and oxygen atoms in total. The fourth-order valence-electron chi connectivity index (χ4n) is 2.03. The summed E-state index contributed by atoms with van der Waals surface area (Å²) in [7, 11) is 0. The van der Waals surface area contributed by atoms with E-state index in [1.807, 2.05) is 25.1 Å². The standard InChI is InChI=1S/C18H16BrNO4/c1-2-10-24-18-9-7-15(19)11-14(18)6-8-17(21)13-4-3-5-16(12-13)20(22)23/h3-9,11-12H,2,10H2,1H3/b8-6+. The van der Waals surface area contributed by atoms with Crippen LogP contribution in [0.4, 0.5) is 5.69 Å². The lowest BCUT2D eigenvalue weighted by Gasteiger charge is -2.08. The number of ether oxygens (including phenoxy) is 1. The number of carbonyl (C=O) groups is 1. The first-order valence-corrected chi connectivity index (χ1v) is 8.19. The lowest BCUT2D eigenvalue weighted by atomic mass is 10.1. The zero-order valence-electron chi connectivity index (χ0n) is 13.1. The Balaban J connectivity index is 2.24. The van der Waals surface area contributed by atoms with E-state index in [9.17, 15) is 14.9 Å². The van der Waals surface area contributed by atoms with Crippen molar-refractivity contribution in [1.82, 2.24) is 0 Å². The van der Waals surface area contributed by atoms with Crippen LogP contribution in [-0.4, -0.2) is 17.3 Å². The summed E-state index contributed by atoms with van der Waals surface area (Å²) in [6.07, 6.45) is 3.92. The Morgan fingerprint density at radius 2 is 2.08 bits per heavy atom. The Labute approximate surface area is 148 Å². The molecule has 0 unspecified atom stereocenters. The third-order valence-electron chi connectivity index (χ3n) is 3.19. The molecule has 0 saturated heterocycles. The molecule has 0 atom stereocenters. The zero-order chi connectivity index (χ0) is 17.5. The van der Waals surface area contributed by atoms with Gasteiger partial charge in [0.1, 0.15) is 5.75 Å². The van der Waals surface area contributed by atoms with E-state index in [2.05, 4.69) is 15.9 Å². The molecule has 0 aromatic heterocycles. The summed E-state index contributed by atoms with van der Waals surface area (Å²) in [5.41, 5.74) is 0.923. The normalized spacial score (nSPS) is 10.8. The number of nitro groups is 1. The van der Waals surface area contributed by atoms with Crippen LogP contribution < -0.4 is 4.74 Å². The van der Waals surface area contributed by atoms with E-state index in [1.165, 1.54) is 24.3 Å². The fourth-order valence-corrected chi connectivity index (χ4v) is 2.41. The number of benzene rings is 2. The second kappa shape index (κ2) is 8.40. The Hall–Kier alpha value is -2.47. The number of hydrogen-bond donors (Lipinski definition) is 0. The maximum Gasteiger partial charge on any atom is 0.270 e. The third-order valence-corrected chi connectivity index (χ3v) is 3.68. The van der Waals surface area contributed by atoms with E-state index >= 15 is 0 Å². The summed E-state index contributed by atoms with van der Waals surface area (Å²) < 4.78 is 6.53. The molecular formula is C18H16BrNO4. The number of carbonyl (C=O) groups excluding carboxylic acids is 1. The van der Waals surface area contributed by atoms with Crippen molar-refractivity contribution in [3.63, 3.8) is 0 Å². The minimum absolute atomic E-state index is 0.108. The van der Waals surface area contributed by atoms with E-state index in [0.717, 1.165) is 16.5 Å². The SMILES string of the molecule is CCCOc1ccc(Br)cc1/C=C/C(=O)c1cccc([N+](=O)[O-])c1. The van der Waals surface area contributed by atoms with Crippen molar-refractivity contribution in [3.05, 3.63) is 74.3 Å². The first kappa shape index (κ1) is 17.9. The monoisotopic (exact) mass is 389 g/mol. The van der Waals surface area contributed by atoms with Crippen LogP contribution in [0.3, 0.4) is 0 Å². The van der Waals surface area contributed by atoms with Crippen LogP contribution in [0, 0.1) is 10.1 Å². The van der Waals surface area contributed by atoms with Gasteiger partial charge in [-0.05, 0) is 36.8 Å². The largest absolute Gasteiger partial charge is 0.493 e. The molecule has 0 spiro atoms. The number of hydrogen-bond acceptors (Lipinski definition) is 4. The molecular weight excluding hydrogens is 374 g/mol. The van der Waals surface area contributed by atoms with Gasteiger partial charge in [0.05, 0.1) is 11.5 Å². The Kier molecular flexibility index (Phi) is 6.26. The van der Waals surface area contributed by atoms with E-state index in [4.69, 9.17) is 4.74 Å². The fraction of sp³-hybridized carbons (Fsp3) is 0.167. The van der Waals surface area contributed by atoms with E-state index < -0.39 is 4.92 Å². The molecule has 0 heterocycles. The van der Waals surface area contributed by atoms with Crippen LogP contribution in [0.15, 0.2) is 53.0 Å². The van der Waals surface area contributed by atoms with E-state index in [-0.39, 0.29) is 17.0 Å². The van der Waals surface area contributed by atoms with Gasteiger partial charge in [-0.3, -0.25) is 14.9 Å². The van der Waals surface area contributed by atoms with Crippen LogP contribution in [0.1, 0.15) is 29.3 Å². The molecule has 2 aromatic rings. The highest BCUT2D eigenvalue weighted by Gasteiger charge is 2.10. The summed E-state index contributed by atoms with van der Waals surface area (Å²) in [6, 6.07) is 11.2. The average molecular weight is 390 g/mol. The minimum atomic E-state index is -0.522. The molecule has 2 aromatic carbocycles. The molecule has 0 aliphatic rings. The maximum absolute atomic E-state index is 12.2. The molecule has 0 radical (unpaired) electrons. The van der Waals surface area contributed by atoms with Crippen molar-refractivity contribution in [2.75, 3.05) is 6.61 Å². The van der Waals surface area contributed by atoms with Gasteiger partial charge in [-0.15, -0.1) is 0 Å². The smallest absolute Gasteiger partial charge is 0.270 e. The molecule has 0 saturated carbocycles. The van der Waals surface area contributed by atoms with Gasteiger partial charge in [0.2, 0.25) is 0 Å². The summed E-state index contributed by atoms with van der Waals surface area (Å²) in [5, 5.41) is 10.8. The molecule has 2 rings (SSSR count). The third kappa shape index (κ3) is 4.76. The van der Waals surface area contributed by atoms with Crippen LogP contribution in [-0.2, 0) is 0 Å². The summed E-state index contributed by atoms with van der Waals surface area (Å²) in [6.45, 7) is 2.60. The molecule has 0 amide bonds. The quantitative estimate of drug-likeness (QED) is 0.287. The summed E-state index contributed by atoms with van der Waals surface area (Å²) in [4.78, 5) is 22.5. The summed E-state index contributed by atoms with van der Waals surface area (Å²) in [5.74, 6) is 0.378. The van der Waals surface area contributed by atoms with Crippen molar-refractivity contribution in [2.24, 2.45) is 0 Å². The number of nitro benzene ring substituents is 1. The highest BCUT2D eigenvalue weighted by Crippen LogP contribution is 2.25. The van der Waals surface area contributed by atoms with Crippen molar-refractivity contribution in [2.45, 2.75) is 13.3 Å². The van der Waals surface area contributed by atoms with Gasteiger partial charge in [-0.25, -0.2) is 0 Å². The lowest BCUT2D eigenvalue weighted by Crippen LogP contribution is -1.98. The number of halogens is 1. The average Bonchev–Trinajstić information content (AvgIpc) is 2.58. The Bertz CT molecular complexity index is 786. The number of non-ortho nitro benzene ring substituents is 1. The molecule has 0 fully saturated rings. The van der Waals surface area contributed by atoms with Gasteiger partial charge < -0.3 is 4.74 Å². The number of nitrogens with zero attached hydrogens (tertiary/aromatic N) is 1. The molecule has 0 aliphatic carbocycles. The van der Waals surface area contributed by atoms with E-state index in [0.29, 0.717) is 12.4 Å². The molecule has 124 valence electrons. The number of ketones is 1. The molecule has 0 N–H and O–H groups in total. The first-order valence-electron chi connectivity index (χ1n) is 7.40.